The Morgan fingerprint density at radius 2 is 1.83 bits per heavy atom. The molecule has 1 aromatic carbocycles. The van der Waals surface area contributed by atoms with Crippen molar-refractivity contribution in [2.45, 2.75) is 44.6 Å². The summed E-state index contributed by atoms with van der Waals surface area (Å²) in [6.07, 6.45) is 7.19. The minimum Gasteiger partial charge on any atom is -0.490 e. The summed E-state index contributed by atoms with van der Waals surface area (Å²) in [5, 5.41) is 0. The molecule has 1 amide bonds. The van der Waals surface area contributed by atoms with Crippen molar-refractivity contribution in [3.05, 3.63) is 23.8 Å². The molecule has 0 radical (unpaired) electrons. The third-order valence-electron chi connectivity index (χ3n) is 3.36. The van der Waals surface area contributed by atoms with E-state index < -0.39 is 5.91 Å². The molecule has 0 bridgehead atoms. The van der Waals surface area contributed by atoms with Gasteiger partial charge in [-0.05, 0) is 43.9 Å². The van der Waals surface area contributed by atoms with E-state index in [1.165, 1.54) is 25.7 Å². The Bertz CT molecular complexity index is 424. The lowest BCUT2D eigenvalue weighted by Crippen LogP contribution is -2.19. The minimum absolute atomic E-state index is 0.189. The van der Waals surface area contributed by atoms with Crippen molar-refractivity contribution in [3.63, 3.8) is 0 Å². The van der Waals surface area contributed by atoms with Crippen LogP contribution in [-0.4, -0.2) is 12.0 Å². The molecule has 18 heavy (non-hydrogen) atoms. The highest BCUT2D eigenvalue weighted by Crippen LogP contribution is 2.26. The SMILES string of the molecule is NC(=O)c1cc(N)ccc1OC1CCCCCC1. The Morgan fingerprint density at radius 1 is 1.17 bits per heavy atom. The van der Waals surface area contributed by atoms with Crippen LogP contribution in [0.1, 0.15) is 48.9 Å². The van der Waals surface area contributed by atoms with Crippen molar-refractivity contribution >= 4 is 11.6 Å². The molecule has 1 aliphatic rings. The normalized spacial score (nSPS) is 17.1. The first-order valence-corrected chi connectivity index (χ1v) is 6.53. The lowest BCUT2D eigenvalue weighted by Gasteiger charge is -2.18. The molecule has 1 fully saturated rings. The first kappa shape index (κ1) is 12.7. The molecule has 4 N–H and O–H groups in total. The Kier molecular flexibility index (Phi) is 4.07. The lowest BCUT2D eigenvalue weighted by molar-refractivity contribution is 0.0991. The number of anilines is 1. The van der Waals surface area contributed by atoms with Crippen LogP contribution in [0.15, 0.2) is 18.2 Å². The highest BCUT2D eigenvalue weighted by Gasteiger charge is 2.17. The molecule has 1 aliphatic carbocycles. The maximum Gasteiger partial charge on any atom is 0.252 e. The fourth-order valence-electron chi connectivity index (χ4n) is 2.38. The summed E-state index contributed by atoms with van der Waals surface area (Å²) >= 11 is 0. The molecule has 0 heterocycles. The van der Waals surface area contributed by atoms with E-state index in [1.807, 2.05) is 0 Å². The molecule has 0 saturated heterocycles. The van der Waals surface area contributed by atoms with Crippen molar-refractivity contribution in [2.75, 3.05) is 5.73 Å². The van der Waals surface area contributed by atoms with E-state index in [0.717, 1.165) is 12.8 Å². The number of rotatable bonds is 3. The van der Waals surface area contributed by atoms with E-state index in [1.54, 1.807) is 18.2 Å². The third kappa shape index (κ3) is 3.15. The average molecular weight is 248 g/mol. The van der Waals surface area contributed by atoms with Gasteiger partial charge in [0.25, 0.3) is 5.91 Å². The zero-order valence-electron chi connectivity index (χ0n) is 10.5. The van der Waals surface area contributed by atoms with Crippen LogP contribution in [0.5, 0.6) is 5.75 Å². The van der Waals surface area contributed by atoms with Gasteiger partial charge in [0.1, 0.15) is 5.75 Å². The van der Waals surface area contributed by atoms with Crippen LogP contribution in [0.25, 0.3) is 0 Å². The van der Waals surface area contributed by atoms with Gasteiger partial charge >= 0.3 is 0 Å². The Balaban J connectivity index is 2.14. The van der Waals surface area contributed by atoms with E-state index >= 15 is 0 Å². The van der Waals surface area contributed by atoms with Crippen LogP contribution in [0.3, 0.4) is 0 Å². The first-order chi connectivity index (χ1) is 8.66. The van der Waals surface area contributed by atoms with Crippen LogP contribution in [0.2, 0.25) is 0 Å². The molecule has 1 saturated carbocycles. The van der Waals surface area contributed by atoms with Gasteiger partial charge in [-0.15, -0.1) is 0 Å². The van der Waals surface area contributed by atoms with E-state index in [0.29, 0.717) is 17.0 Å². The molecule has 0 aliphatic heterocycles. The topological polar surface area (TPSA) is 78.3 Å². The lowest BCUT2D eigenvalue weighted by atomic mass is 10.1. The molecule has 98 valence electrons. The average Bonchev–Trinajstić information content (AvgIpc) is 2.60. The van der Waals surface area contributed by atoms with Gasteiger partial charge in [0, 0.05) is 5.69 Å². The Hall–Kier alpha value is -1.71. The van der Waals surface area contributed by atoms with Gasteiger partial charge in [0.05, 0.1) is 11.7 Å². The van der Waals surface area contributed by atoms with Gasteiger partial charge in [0.15, 0.2) is 0 Å². The molecule has 4 nitrogen and oxygen atoms in total. The van der Waals surface area contributed by atoms with Crippen molar-refractivity contribution in [1.82, 2.24) is 0 Å². The second kappa shape index (κ2) is 5.76. The highest BCUT2D eigenvalue weighted by atomic mass is 16.5. The highest BCUT2D eigenvalue weighted by molar-refractivity contribution is 5.96. The van der Waals surface area contributed by atoms with Crippen LogP contribution in [0.4, 0.5) is 5.69 Å². The summed E-state index contributed by atoms with van der Waals surface area (Å²) in [5.41, 5.74) is 11.9. The number of nitrogens with two attached hydrogens (primary N) is 2. The van der Waals surface area contributed by atoms with E-state index in [-0.39, 0.29) is 6.10 Å². The number of carbonyl (C=O) groups excluding carboxylic acids is 1. The summed E-state index contributed by atoms with van der Waals surface area (Å²) in [6, 6.07) is 5.05. The fraction of sp³-hybridized carbons (Fsp3) is 0.500. The van der Waals surface area contributed by atoms with Crippen LogP contribution in [-0.2, 0) is 0 Å². The summed E-state index contributed by atoms with van der Waals surface area (Å²) in [6.45, 7) is 0. The van der Waals surface area contributed by atoms with Crippen molar-refractivity contribution in [1.29, 1.82) is 0 Å². The van der Waals surface area contributed by atoms with Crippen molar-refractivity contribution in [3.8, 4) is 5.75 Å². The predicted octanol–water partition coefficient (Wildman–Crippen LogP) is 2.47. The molecule has 2 rings (SSSR count). The summed E-state index contributed by atoms with van der Waals surface area (Å²) in [4.78, 5) is 11.4. The number of benzene rings is 1. The quantitative estimate of drug-likeness (QED) is 0.637. The Morgan fingerprint density at radius 3 is 2.44 bits per heavy atom. The molecule has 0 atom stereocenters. The van der Waals surface area contributed by atoms with Gasteiger partial charge in [0.2, 0.25) is 0 Å². The summed E-state index contributed by atoms with van der Waals surface area (Å²) < 4.78 is 5.93. The number of primary amides is 1. The molecule has 0 unspecified atom stereocenters. The van der Waals surface area contributed by atoms with Gasteiger partial charge in [-0.2, -0.15) is 0 Å². The second-order valence-electron chi connectivity index (χ2n) is 4.85. The molecule has 4 heteroatoms. The number of ether oxygens (including phenoxy) is 1. The molecular formula is C14H20N2O2. The van der Waals surface area contributed by atoms with Gasteiger partial charge in [-0.1, -0.05) is 12.8 Å². The van der Waals surface area contributed by atoms with Gasteiger partial charge in [-0.25, -0.2) is 0 Å². The number of carbonyl (C=O) groups is 1. The predicted molar refractivity (Wildman–Crippen MR) is 71.5 cm³/mol. The third-order valence-corrected chi connectivity index (χ3v) is 3.36. The number of hydrogen-bond acceptors (Lipinski definition) is 3. The fourth-order valence-corrected chi connectivity index (χ4v) is 2.38. The van der Waals surface area contributed by atoms with E-state index in [2.05, 4.69) is 0 Å². The number of nitrogen functional groups attached to an aromatic ring is 1. The van der Waals surface area contributed by atoms with Crippen molar-refractivity contribution < 1.29 is 9.53 Å². The minimum atomic E-state index is -0.495. The van der Waals surface area contributed by atoms with Crippen molar-refractivity contribution in [2.24, 2.45) is 5.73 Å². The number of amides is 1. The smallest absolute Gasteiger partial charge is 0.252 e. The Labute approximate surface area is 107 Å². The van der Waals surface area contributed by atoms with Gasteiger partial charge in [-0.3, -0.25) is 4.79 Å². The molecule has 0 aromatic heterocycles. The maximum absolute atomic E-state index is 11.4. The largest absolute Gasteiger partial charge is 0.490 e. The summed E-state index contributed by atoms with van der Waals surface area (Å²) in [5.74, 6) is 0.0644. The first-order valence-electron chi connectivity index (χ1n) is 6.53. The van der Waals surface area contributed by atoms with Crippen LogP contribution >= 0.6 is 0 Å². The van der Waals surface area contributed by atoms with Crippen LogP contribution in [0, 0.1) is 0 Å². The van der Waals surface area contributed by atoms with Gasteiger partial charge < -0.3 is 16.2 Å². The van der Waals surface area contributed by atoms with Crippen LogP contribution < -0.4 is 16.2 Å². The number of hydrogen-bond donors (Lipinski definition) is 2. The maximum atomic E-state index is 11.4. The zero-order chi connectivity index (χ0) is 13.0. The van der Waals surface area contributed by atoms with E-state index in [9.17, 15) is 4.79 Å². The standard InChI is InChI=1S/C14H20N2O2/c15-10-7-8-13(12(9-10)14(16)17)18-11-5-3-1-2-4-6-11/h7-9,11H,1-6,15H2,(H2,16,17). The zero-order valence-corrected chi connectivity index (χ0v) is 10.5. The van der Waals surface area contributed by atoms with E-state index in [4.69, 9.17) is 16.2 Å². The molecular weight excluding hydrogens is 228 g/mol. The molecule has 0 spiro atoms. The summed E-state index contributed by atoms with van der Waals surface area (Å²) in [7, 11) is 0. The monoisotopic (exact) mass is 248 g/mol. The second-order valence-corrected chi connectivity index (χ2v) is 4.85. The molecule has 1 aromatic rings.